The monoisotopic (exact) mass is 456 g/mol. The highest BCUT2D eigenvalue weighted by Crippen LogP contribution is 2.20. The maximum absolute atomic E-state index is 13.1. The zero-order valence-corrected chi connectivity index (χ0v) is 18.9. The van der Waals surface area contributed by atoms with Gasteiger partial charge in [-0.15, -0.1) is 0 Å². The van der Waals surface area contributed by atoms with Gasteiger partial charge in [0.15, 0.2) is 6.10 Å². The Bertz CT molecular complexity index is 1360. The summed E-state index contributed by atoms with van der Waals surface area (Å²) in [7, 11) is 0. The van der Waals surface area contributed by atoms with E-state index in [1.54, 1.807) is 29.2 Å². The number of aromatic nitrogens is 4. The van der Waals surface area contributed by atoms with Crippen molar-refractivity contribution >= 4 is 28.7 Å². The molecule has 2 aromatic carbocycles. The van der Waals surface area contributed by atoms with Crippen molar-refractivity contribution < 1.29 is 19.4 Å². The zero-order valence-electron chi connectivity index (χ0n) is 18.9. The molecule has 0 aliphatic heterocycles. The van der Waals surface area contributed by atoms with E-state index in [9.17, 15) is 9.59 Å². The van der Waals surface area contributed by atoms with Crippen LogP contribution in [0.25, 0.3) is 17.0 Å². The Balaban J connectivity index is 1.52. The second-order valence-electron chi connectivity index (χ2n) is 7.95. The van der Waals surface area contributed by atoms with Crippen LogP contribution in [0.2, 0.25) is 0 Å². The number of carboxylic acids is 1. The average Bonchev–Trinajstić information content (AvgIpc) is 3.21. The normalized spacial score (nSPS) is 12.3. The van der Waals surface area contributed by atoms with Gasteiger partial charge in [0.1, 0.15) is 5.69 Å². The molecule has 0 bridgehead atoms. The minimum atomic E-state index is -0.993. The molecule has 0 aliphatic rings. The number of nitrogens with zero attached hydrogens (tertiary/aromatic N) is 4. The third kappa shape index (κ3) is 5.24. The predicted molar refractivity (Wildman–Crippen MR) is 127 cm³/mol. The Hall–Kier alpha value is -4.17. The lowest BCUT2D eigenvalue weighted by Gasteiger charge is -2.08. The Labute approximate surface area is 196 Å². The highest BCUT2D eigenvalue weighted by atomic mass is 16.5. The quantitative estimate of drug-likeness (QED) is 0.378. The maximum Gasteiger partial charge on any atom is 0.332 e. The van der Waals surface area contributed by atoms with E-state index in [1.165, 1.54) is 6.92 Å². The summed E-state index contributed by atoms with van der Waals surface area (Å²) in [4.78, 5) is 24.0. The Morgan fingerprint density at radius 1 is 1.12 bits per heavy atom. The van der Waals surface area contributed by atoms with Crippen molar-refractivity contribution in [1.29, 1.82) is 0 Å². The first kappa shape index (κ1) is 23.0. The van der Waals surface area contributed by atoms with Crippen LogP contribution in [0.15, 0.2) is 67.0 Å². The molecule has 2 heterocycles. The summed E-state index contributed by atoms with van der Waals surface area (Å²) >= 11 is 0. The number of rotatable bonds is 9. The number of carbonyl (C=O) groups excluding carboxylic acids is 1. The molecule has 0 fully saturated rings. The van der Waals surface area contributed by atoms with E-state index < -0.39 is 12.1 Å². The number of aliphatic carboxylic acids is 1. The zero-order chi connectivity index (χ0) is 24.1. The van der Waals surface area contributed by atoms with Gasteiger partial charge in [-0.3, -0.25) is 9.48 Å². The number of allylic oxidation sites excluding steroid dienone is 1. The van der Waals surface area contributed by atoms with Crippen molar-refractivity contribution in [3.8, 4) is 0 Å². The number of carbonyl (C=O) groups is 2. The SMILES string of the molecule is Cc1ccc(C(=O)c2nn(C/C=C/c3cccc(CO[C@@H](C)C(=O)O)c3)c3cnncc23)cc1. The van der Waals surface area contributed by atoms with E-state index in [4.69, 9.17) is 9.84 Å². The number of benzene rings is 2. The molecule has 1 N–H and O–H groups in total. The third-order valence-electron chi connectivity index (χ3n) is 5.38. The predicted octanol–water partition coefficient (Wildman–Crippen LogP) is 4.07. The summed E-state index contributed by atoms with van der Waals surface area (Å²) < 4.78 is 7.08. The fraction of sp³-hybridized carbons (Fsp3) is 0.192. The molecule has 34 heavy (non-hydrogen) atoms. The molecule has 0 aliphatic carbocycles. The number of ether oxygens (including phenoxy) is 1. The standard InChI is InChI=1S/C26H24N4O4/c1-17-8-10-21(11-9-17)25(31)24-22-14-27-28-15-23(22)30(29-24)12-4-7-19-5-3-6-20(13-19)16-34-18(2)26(32)33/h3-11,13-15,18H,12,16H2,1-2H3,(H,32,33)/b7-4+/t18-/m0/s1. The second-order valence-corrected chi connectivity index (χ2v) is 7.95. The highest BCUT2D eigenvalue weighted by Gasteiger charge is 2.19. The maximum atomic E-state index is 13.1. The van der Waals surface area contributed by atoms with Crippen LogP contribution in [-0.2, 0) is 22.7 Å². The van der Waals surface area contributed by atoms with Gasteiger partial charge in [-0.2, -0.15) is 15.3 Å². The molecule has 8 nitrogen and oxygen atoms in total. The molecule has 172 valence electrons. The van der Waals surface area contributed by atoms with E-state index in [-0.39, 0.29) is 12.4 Å². The van der Waals surface area contributed by atoms with E-state index >= 15 is 0 Å². The van der Waals surface area contributed by atoms with Crippen LogP contribution < -0.4 is 0 Å². The molecule has 0 amide bonds. The van der Waals surface area contributed by atoms with Crippen LogP contribution in [0, 0.1) is 6.92 Å². The first-order valence-electron chi connectivity index (χ1n) is 10.8. The average molecular weight is 457 g/mol. The van der Waals surface area contributed by atoms with Crippen LogP contribution in [0.1, 0.15) is 39.7 Å². The van der Waals surface area contributed by atoms with Crippen molar-refractivity contribution in [2.24, 2.45) is 0 Å². The number of carboxylic acid groups (broad SMARTS) is 1. The first-order valence-corrected chi connectivity index (χ1v) is 10.8. The number of aryl methyl sites for hydroxylation is 1. The molecule has 4 aromatic rings. The third-order valence-corrected chi connectivity index (χ3v) is 5.38. The summed E-state index contributed by atoms with van der Waals surface area (Å²) in [5.41, 5.74) is 4.53. The molecular weight excluding hydrogens is 432 g/mol. The van der Waals surface area contributed by atoms with Crippen LogP contribution in [-0.4, -0.2) is 42.9 Å². The Morgan fingerprint density at radius 3 is 2.65 bits per heavy atom. The summed E-state index contributed by atoms with van der Waals surface area (Å²) in [6.45, 7) is 4.12. The van der Waals surface area contributed by atoms with E-state index in [1.807, 2.05) is 55.5 Å². The lowest BCUT2D eigenvalue weighted by atomic mass is 10.1. The molecule has 0 radical (unpaired) electrons. The molecule has 4 rings (SSSR count). The fourth-order valence-electron chi connectivity index (χ4n) is 3.45. The number of fused-ring (bicyclic) bond motifs is 1. The summed E-state index contributed by atoms with van der Waals surface area (Å²) in [5.74, 6) is -1.16. The molecule has 2 aromatic heterocycles. The summed E-state index contributed by atoms with van der Waals surface area (Å²) in [6, 6.07) is 15.0. The lowest BCUT2D eigenvalue weighted by Crippen LogP contribution is -2.19. The largest absolute Gasteiger partial charge is 0.479 e. The van der Waals surface area contributed by atoms with Gasteiger partial charge in [0.2, 0.25) is 5.78 Å². The molecule has 0 unspecified atom stereocenters. The van der Waals surface area contributed by atoms with Crippen molar-refractivity contribution in [2.45, 2.75) is 33.1 Å². The van der Waals surface area contributed by atoms with Crippen LogP contribution >= 0.6 is 0 Å². The van der Waals surface area contributed by atoms with Crippen molar-refractivity contribution in [2.75, 3.05) is 0 Å². The van der Waals surface area contributed by atoms with Gasteiger partial charge in [-0.05, 0) is 31.0 Å². The smallest absolute Gasteiger partial charge is 0.332 e. The van der Waals surface area contributed by atoms with E-state index in [0.717, 1.165) is 22.2 Å². The molecular formula is C26H24N4O4. The van der Waals surface area contributed by atoms with Gasteiger partial charge in [0.25, 0.3) is 0 Å². The molecule has 0 saturated carbocycles. The summed E-state index contributed by atoms with van der Waals surface area (Å²) in [6.07, 6.45) is 6.17. The van der Waals surface area contributed by atoms with Gasteiger partial charge in [-0.25, -0.2) is 4.79 Å². The topological polar surface area (TPSA) is 107 Å². The number of hydrogen-bond acceptors (Lipinski definition) is 6. The number of ketones is 1. The Morgan fingerprint density at radius 2 is 1.88 bits per heavy atom. The first-order chi connectivity index (χ1) is 16.4. The number of hydrogen-bond donors (Lipinski definition) is 1. The van der Waals surface area contributed by atoms with Gasteiger partial charge < -0.3 is 9.84 Å². The van der Waals surface area contributed by atoms with E-state index in [2.05, 4.69) is 15.3 Å². The molecule has 1 atom stereocenters. The van der Waals surface area contributed by atoms with Gasteiger partial charge in [0, 0.05) is 5.56 Å². The van der Waals surface area contributed by atoms with Gasteiger partial charge in [0.05, 0.1) is 36.4 Å². The molecule has 0 spiro atoms. The van der Waals surface area contributed by atoms with Gasteiger partial charge >= 0.3 is 5.97 Å². The van der Waals surface area contributed by atoms with Crippen LogP contribution in [0.3, 0.4) is 0 Å². The van der Waals surface area contributed by atoms with E-state index in [0.29, 0.717) is 23.2 Å². The Kier molecular flexibility index (Phi) is 6.89. The second kappa shape index (κ2) is 10.2. The lowest BCUT2D eigenvalue weighted by molar-refractivity contribution is -0.149. The van der Waals surface area contributed by atoms with Crippen molar-refractivity contribution in [3.63, 3.8) is 0 Å². The van der Waals surface area contributed by atoms with Crippen LogP contribution in [0.4, 0.5) is 0 Å². The van der Waals surface area contributed by atoms with Crippen LogP contribution in [0.5, 0.6) is 0 Å². The molecule has 0 saturated heterocycles. The van der Waals surface area contributed by atoms with Gasteiger partial charge in [-0.1, -0.05) is 60.2 Å². The molecule has 8 heteroatoms. The fourth-order valence-corrected chi connectivity index (χ4v) is 3.45. The van der Waals surface area contributed by atoms with Crippen molar-refractivity contribution in [3.05, 3.63) is 94.9 Å². The highest BCUT2D eigenvalue weighted by molar-refractivity contribution is 6.14. The summed E-state index contributed by atoms with van der Waals surface area (Å²) in [5, 5.41) is 22.1. The minimum Gasteiger partial charge on any atom is -0.479 e. The minimum absolute atomic E-state index is 0.163. The van der Waals surface area contributed by atoms with Crippen molar-refractivity contribution in [1.82, 2.24) is 20.0 Å².